The lowest BCUT2D eigenvalue weighted by molar-refractivity contribution is -0.137. The number of nitrogens with one attached hydrogen (secondary N) is 3. The molecule has 0 heterocycles. The van der Waals surface area contributed by atoms with E-state index in [1.165, 1.54) is 6.92 Å². The molecule has 0 aromatic heterocycles. The number of rotatable bonds is 14. The summed E-state index contributed by atoms with van der Waals surface area (Å²) in [5.41, 5.74) is -0.598. The summed E-state index contributed by atoms with van der Waals surface area (Å²) in [6.45, 7) is 7.99. The Morgan fingerprint density at radius 3 is 2.11 bits per heavy atom. The van der Waals surface area contributed by atoms with Crippen molar-refractivity contribution in [2.24, 2.45) is 11.3 Å². The molecule has 3 amide bonds. The molecule has 0 aliphatic heterocycles. The Kier molecular flexibility index (Phi) is 13.6. The summed E-state index contributed by atoms with van der Waals surface area (Å²) in [6.07, 6.45) is -0.683. The fraction of sp³-hybridized carbons (Fsp3) is 0.765. The molecule has 0 saturated heterocycles. The summed E-state index contributed by atoms with van der Waals surface area (Å²) < 4.78 is 5.20. The van der Waals surface area contributed by atoms with E-state index < -0.39 is 23.4 Å². The van der Waals surface area contributed by atoms with E-state index in [1.807, 2.05) is 13.8 Å². The van der Waals surface area contributed by atoms with E-state index in [4.69, 9.17) is 9.84 Å². The normalized spacial score (nSPS) is 12.0. The Morgan fingerprint density at radius 2 is 1.57 bits per heavy atom. The van der Waals surface area contributed by atoms with E-state index >= 15 is 0 Å². The van der Waals surface area contributed by atoms with Crippen molar-refractivity contribution < 1.29 is 29.0 Å². The molecule has 0 spiro atoms. The first-order valence-corrected chi connectivity index (χ1v) is 11.4. The van der Waals surface area contributed by atoms with Crippen molar-refractivity contribution in [3.05, 3.63) is 0 Å². The maximum absolute atomic E-state index is 12.1. The summed E-state index contributed by atoms with van der Waals surface area (Å²) in [5.74, 6) is -0.268. The Hall–Kier alpha value is -1.62. The first kappa shape index (κ1) is 26.4. The van der Waals surface area contributed by atoms with Gasteiger partial charge in [0.15, 0.2) is 0 Å². The van der Waals surface area contributed by atoms with Gasteiger partial charge in [0.1, 0.15) is 0 Å². The highest BCUT2D eigenvalue weighted by molar-refractivity contribution is 8.76. The maximum atomic E-state index is 12.1. The second-order valence-corrected chi connectivity index (χ2v) is 9.48. The van der Waals surface area contributed by atoms with Crippen LogP contribution in [0.15, 0.2) is 0 Å². The van der Waals surface area contributed by atoms with E-state index in [0.717, 1.165) is 5.75 Å². The molecule has 0 aromatic rings. The van der Waals surface area contributed by atoms with Crippen LogP contribution in [-0.2, 0) is 19.1 Å². The van der Waals surface area contributed by atoms with E-state index in [9.17, 15) is 19.2 Å². The van der Waals surface area contributed by atoms with Gasteiger partial charge >= 0.3 is 12.1 Å². The van der Waals surface area contributed by atoms with Gasteiger partial charge in [-0.15, -0.1) is 0 Å². The largest absolute Gasteiger partial charge is 0.481 e. The smallest absolute Gasteiger partial charge is 0.407 e. The second kappa shape index (κ2) is 14.4. The van der Waals surface area contributed by atoms with Gasteiger partial charge in [-0.2, -0.15) is 0 Å². The Balaban J connectivity index is 3.94. The van der Waals surface area contributed by atoms with Crippen LogP contribution in [0, 0.1) is 11.3 Å². The average Bonchev–Trinajstić information content (AvgIpc) is 2.60. The molecule has 11 heteroatoms. The van der Waals surface area contributed by atoms with Crippen molar-refractivity contribution in [1.29, 1.82) is 0 Å². The minimum absolute atomic E-state index is 0.0509. The van der Waals surface area contributed by atoms with Crippen LogP contribution in [0.1, 0.15) is 34.1 Å². The molecule has 0 fully saturated rings. The topological polar surface area (TPSA) is 134 Å². The average molecular weight is 438 g/mol. The number of ether oxygens (including phenoxy) is 1. The molecule has 1 atom stereocenters. The van der Waals surface area contributed by atoms with Crippen molar-refractivity contribution in [3.8, 4) is 0 Å². The summed E-state index contributed by atoms with van der Waals surface area (Å²) >= 11 is 0. The number of amides is 3. The molecule has 0 aliphatic carbocycles. The molecule has 4 N–H and O–H groups in total. The number of hydrogen-bond donors (Lipinski definition) is 4. The van der Waals surface area contributed by atoms with Crippen molar-refractivity contribution in [2.45, 2.75) is 34.1 Å². The lowest BCUT2D eigenvalue weighted by atomic mass is 9.80. The molecule has 0 radical (unpaired) electrons. The van der Waals surface area contributed by atoms with Crippen molar-refractivity contribution >= 4 is 45.5 Å². The molecular weight excluding hydrogens is 406 g/mol. The molecule has 0 saturated carbocycles. The Labute approximate surface area is 173 Å². The Morgan fingerprint density at radius 1 is 1.00 bits per heavy atom. The zero-order valence-corrected chi connectivity index (χ0v) is 18.5. The van der Waals surface area contributed by atoms with Gasteiger partial charge in [-0.3, -0.25) is 14.4 Å². The van der Waals surface area contributed by atoms with Gasteiger partial charge < -0.3 is 25.8 Å². The van der Waals surface area contributed by atoms with E-state index in [1.54, 1.807) is 28.5 Å². The van der Waals surface area contributed by atoms with Crippen LogP contribution in [0.2, 0.25) is 0 Å². The van der Waals surface area contributed by atoms with Gasteiger partial charge in [0, 0.05) is 49.4 Å². The number of hydrogen-bond acceptors (Lipinski definition) is 7. The standard InChI is InChI=1S/C17H31N3O6S2/c1-12(15(24)19-6-5-14(22)23)17(3,4)11-26-16(25)20-8-10-28-27-9-7-18-13(2)21/h12H,5-11H2,1-4H3,(H,18,21)(H,19,24)(H,20,25)(H,22,23)/t12-/m0/s1. The quantitative estimate of drug-likeness (QED) is 0.237. The molecule has 9 nitrogen and oxygen atoms in total. The molecule has 0 aliphatic rings. The minimum atomic E-state index is -0.975. The molecule has 0 unspecified atom stereocenters. The van der Waals surface area contributed by atoms with Gasteiger partial charge in [0.25, 0.3) is 0 Å². The zero-order chi connectivity index (χ0) is 21.6. The minimum Gasteiger partial charge on any atom is -0.481 e. The number of carboxylic acids is 1. The highest BCUT2D eigenvalue weighted by atomic mass is 33.1. The SMILES string of the molecule is CC(=O)NCCSSCCNC(=O)OCC(C)(C)[C@@H](C)C(=O)NCCC(=O)O. The number of carboxylic acid groups (broad SMARTS) is 1. The summed E-state index contributed by atoms with van der Waals surface area (Å²) in [4.78, 5) is 45.1. The van der Waals surface area contributed by atoms with Crippen molar-refractivity contribution in [1.82, 2.24) is 16.0 Å². The van der Waals surface area contributed by atoms with Crippen LogP contribution < -0.4 is 16.0 Å². The maximum Gasteiger partial charge on any atom is 0.407 e. The van der Waals surface area contributed by atoms with Crippen molar-refractivity contribution in [3.63, 3.8) is 0 Å². The van der Waals surface area contributed by atoms with Gasteiger partial charge in [0.2, 0.25) is 11.8 Å². The van der Waals surface area contributed by atoms with Gasteiger partial charge in [-0.1, -0.05) is 42.4 Å². The summed E-state index contributed by atoms with van der Waals surface area (Å²) in [7, 11) is 3.20. The third-order valence-electron chi connectivity index (χ3n) is 3.88. The summed E-state index contributed by atoms with van der Waals surface area (Å²) in [5, 5.41) is 16.5. The van der Waals surface area contributed by atoms with Gasteiger partial charge in [0.05, 0.1) is 13.0 Å². The molecule has 28 heavy (non-hydrogen) atoms. The van der Waals surface area contributed by atoms with Crippen LogP contribution in [0.3, 0.4) is 0 Å². The first-order chi connectivity index (χ1) is 13.1. The lowest BCUT2D eigenvalue weighted by Gasteiger charge is -2.30. The predicted octanol–water partition coefficient (Wildman–Crippen LogP) is 1.48. The van der Waals surface area contributed by atoms with E-state index in [-0.39, 0.29) is 31.4 Å². The fourth-order valence-electron chi connectivity index (χ4n) is 1.81. The molecular formula is C17H31N3O6S2. The number of alkyl carbamates (subject to hydrolysis) is 1. The number of carbonyl (C=O) groups is 4. The first-order valence-electron chi connectivity index (χ1n) is 8.95. The third kappa shape index (κ3) is 13.5. The van der Waals surface area contributed by atoms with E-state index in [0.29, 0.717) is 18.8 Å². The zero-order valence-electron chi connectivity index (χ0n) is 16.8. The second-order valence-electron chi connectivity index (χ2n) is 6.77. The van der Waals surface area contributed by atoms with Crippen LogP contribution in [0.4, 0.5) is 4.79 Å². The van der Waals surface area contributed by atoms with Crippen LogP contribution in [0.5, 0.6) is 0 Å². The molecule has 162 valence electrons. The van der Waals surface area contributed by atoms with Gasteiger partial charge in [-0.25, -0.2) is 4.79 Å². The molecule has 0 rings (SSSR count). The predicted molar refractivity (Wildman–Crippen MR) is 111 cm³/mol. The monoisotopic (exact) mass is 437 g/mol. The lowest BCUT2D eigenvalue weighted by Crippen LogP contribution is -2.41. The fourth-order valence-corrected chi connectivity index (χ4v) is 3.62. The third-order valence-corrected chi connectivity index (χ3v) is 6.28. The van der Waals surface area contributed by atoms with E-state index in [2.05, 4.69) is 16.0 Å². The van der Waals surface area contributed by atoms with Gasteiger partial charge in [-0.05, 0) is 0 Å². The van der Waals surface area contributed by atoms with Crippen molar-refractivity contribution in [2.75, 3.05) is 37.7 Å². The Bertz CT molecular complexity index is 531. The number of aliphatic carboxylic acids is 1. The molecule has 0 bridgehead atoms. The number of carbonyl (C=O) groups excluding carboxylic acids is 3. The highest BCUT2D eigenvalue weighted by Gasteiger charge is 2.32. The summed E-state index contributed by atoms with van der Waals surface area (Å²) in [6, 6.07) is 0. The van der Waals surface area contributed by atoms with Crippen LogP contribution in [0.25, 0.3) is 0 Å². The highest BCUT2D eigenvalue weighted by Crippen LogP contribution is 2.27. The van der Waals surface area contributed by atoms with Crippen LogP contribution in [-0.4, -0.2) is 66.7 Å². The molecule has 0 aromatic carbocycles. The van der Waals surface area contributed by atoms with Crippen LogP contribution >= 0.6 is 21.6 Å².